The fraction of sp³-hybridized carbons (Fsp3) is 0.222. The van der Waals surface area contributed by atoms with Crippen molar-refractivity contribution in [3.63, 3.8) is 0 Å². The van der Waals surface area contributed by atoms with E-state index < -0.39 is 5.82 Å². The molecule has 3 aromatic rings. The lowest BCUT2D eigenvalue weighted by molar-refractivity contribution is -0.121. The highest BCUT2D eigenvalue weighted by Gasteiger charge is 2.14. The van der Waals surface area contributed by atoms with Crippen molar-refractivity contribution in [1.82, 2.24) is 15.3 Å². The minimum absolute atomic E-state index is 0.0888. The topological polar surface area (TPSA) is 67.0 Å². The average molecular weight is 327 g/mol. The molecular formula is C18H18FN3O2. The predicted molar refractivity (Wildman–Crippen MR) is 89.3 cm³/mol. The first-order valence-corrected chi connectivity index (χ1v) is 7.63. The van der Waals surface area contributed by atoms with Crippen LogP contribution in [0.1, 0.15) is 24.4 Å². The second-order valence-electron chi connectivity index (χ2n) is 5.57. The van der Waals surface area contributed by atoms with E-state index in [0.29, 0.717) is 11.4 Å². The molecule has 3 rings (SSSR count). The second kappa shape index (κ2) is 6.70. The molecule has 0 aliphatic heterocycles. The highest BCUT2D eigenvalue weighted by Crippen LogP contribution is 2.19. The number of nitrogens with one attached hydrogen (secondary N) is 2. The summed E-state index contributed by atoms with van der Waals surface area (Å²) in [5.41, 5.74) is 2.36. The molecule has 0 unspecified atom stereocenters. The van der Waals surface area contributed by atoms with Gasteiger partial charge in [-0.2, -0.15) is 0 Å². The monoisotopic (exact) mass is 327 g/mol. The molecule has 2 N–H and O–H groups in total. The predicted octanol–water partition coefficient (Wildman–Crippen LogP) is 3.13. The van der Waals surface area contributed by atoms with Crippen LogP contribution in [-0.4, -0.2) is 23.0 Å². The molecule has 0 spiro atoms. The third-order valence-electron chi connectivity index (χ3n) is 3.78. The fourth-order valence-electron chi connectivity index (χ4n) is 2.54. The van der Waals surface area contributed by atoms with Crippen LogP contribution < -0.4 is 10.1 Å². The van der Waals surface area contributed by atoms with Gasteiger partial charge in [0.15, 0.2) is 11.6 Å². The van der Waals surface area contributed by atoms with Crippen LogP contribution in [0.15, 0.2) is 42.5 Å². The number of imidazole rings is 1. The molecule has 24 heavy (non-hydrogen) atoms. The highest BCUT2D eigenvalue weighted by molar-refractivity contribution is 5.79. The Morgan fingerprint density at radius 1 is 1.33 bits per heavy atom. The van der Waals surface area contributed by atoms with Gasteiger partial charge in [-0.1, -0.05) is 18.2 Å². The van der Waals surface area contributed by atoms with Crippen molar-refractivity contribution < 1.29 is 13.9 Å². The Morgan fingerprint density at radius 3 is 2.83 bits per heavy atom. The minimum atomic E-state index is -0.479. The summed E-state index contributed by atoms with van der Waals surface area (Å²) in [6.07, 6.45) is 0.0888. The number of para-hydroxylation sites is 2. The molecule has 0 aliphatic carbocycles. The van der Waals surface area contributed by atoms with Gasteiger partial charge in [0.2, 0.25) is 5.91 Å². The number of carbonyl (C=O) groups is 1. The number of hydrogen-bond acceptors (Lipinski definition) is 3. The van der Waals surface area contributed by atoms with Crippen molar-refractivity contribution in [1.29, 1.82) is 0 Å². The maximum absolute atomic E-state index is 13.7. The maximum atomic E-state index is 13.7. The number of benzene rings is 2. The van der Waals surface area contributed by atoms with E-state index in [1.165, 1.54) is 19.2 Å². The van der Waals surface area contributed by atoms with Crippen LogP contribution in [0.5, 0.6) is 5.75 Å². The number of amides is 1. The normalized spacial score (nSPS) is 12.1. The standard InChI is InChI=1S/C18H18FN3O2/c1-11(18-21-14-5-3-4-6-15(14)22-18)20-17(23)10-12-7-8-16(24-2)13(19)9-12/h3-9,11H,10H2,1-2H3,(H,20,23)(H,21,22)/t11-/m1/s1. The first kappa shape index (κ1) is 16.0. The summed E-state index contributed by atoms with van der Waals surface area (Å²) in [7, 11) is 1.40. The third-order valence-corrected chi connectivity index (χ3v) is 3.78. The van der Waals surface area contributed by atoms with Crippen molar-refractivity contribution in [3.05, 3.63) is 59.7 Å². The number of aromatic nitrogens is 2. The molecule has 0 aliphatic rings. The van der Waals surface area contributed by atoms with Crippen molar-refractivity contribution in [2.75, 3.05) is 7.11 Å². The van der Waals surface area contributed by atoms with Gasteiger partial charge in [0.25, 0.3) is 0 Å². The summed E-state index contributed by atoms with van der Waals surface area (Å²) in [4.78, 5) is 19.8. The van der Waals surface area contributed by atoms with E-state index in [1.807, 2.05) is 31.2 Å². The van der Waals surface area contributed by atoms with E-state index >= 15 is 0 Å². The molecule has 0 saturated heterocycles. The van der Waals surface area contributed by atoms with Gasteiger partial charge in [-0.05, 0) is 36.8 Å². The van der Waals surface area contributed by atoms with Crippen LogP contribution >= 0.6 is 0 Å². The van der Waals surface area contributed by atoms with Gasteiger partial charge < -0.3 is 15.0 Å². The van der Waals surface area contributed by atoms with Gasteiger partial charge in [0, 0.05) is 0 Å². The summed E-state index contributed by atoms with van der Waals surface area (Å²) < 4.78 is 18.5. The number of carbonyl (C=O) groups excluding carboxylic acids is 1. The van der Waals surface area contributed by atoms with Gasteiger partial charge in [0.05, 0.1) is 30.6 Å². The summed E-state index contributed by atoms with van der Waals surface area (Å²) in [5, 5.41) is 2.87. The number of fused-ring (bicyclic) bond motifs is 1. The van der Waals surface area contributed by atoms with Crippen LogP contribution in [0.4, 0.5) is 4.39 Å². The number of methoxy groups -OCH3 is 1. The summed E-state index contributed by atoms with van der Waals surface area (Å²) in [6, 6.07) is 11.9. The van der Waals surface area contributed by atoms with Crippen LogP contribution in [0, 0.1) is 5.82 Å². The smallest absolute Gasteiger partial charge is 0.224 e. The zero-order chi connectivity index (χ0) is 17.1. The quantitative estimate of drug-likeness (QED) is 0.756. The molecule has 0 saturated carbocycles. The number of halogens is 1. The molecule has 0 bridgehead atoms. The molecule has 1 heterocycles. The number of hydrogen-bond donors (Lipinski definition) is 2. The summed E-state index contributed by atoms with van der Waals surface area (Å²) >= 11 is 0. The van der Waals surface area contributed by atoms with E-state index in [2.05, 4.69) is 15.3 Å². The van der Waals surface area contributed by atoms with Crippen molar-refractivity contribution >= 4 is 16.9 Å². The van der Waals surface area contributed by atoms with Gasteiger partial charge in [-0.25, -0.2) is 9.37 Å². The lowest BCUT2D eigenvalue weighted by Crippen LogP contribution is -2.28. The average Bonchev–Trinajstić information content (AvgIpc) is 2.99. The number of rotatable bonds is 5. The van der Waals surface area contributed by atoms with Crippen LogP contribution in [0.2, 0.25) is 0 Å². The number of aromatic amines is 1. The fourth-order valence-corrected chi connectivity index (χ4v) is 2.54. The Bertz CT molecular complexity index is 843. The van der Waals surface area contributed by atoms with E-state index in [-0.39, 0.29) is 24.1 Å². The SMILES string of the molecule is COc1ccc(CC(=O)N[C@H](C)c2nc3ccccc3[nH]2)cc1F. The van der Waals surface area contributed by atoms with E-state index in [1.54, 1.807) is 6.07 Å². The Hall–Kier alpha value is -2.89. The molecule has 1 amide bonds. The number of nitrogens with zero attached hydrogens (tertiary/aromatic N) is 1. The lowest BCUT2D eigenvalue weighted by atomic mass is 10.1. The van der Waals surface area contributed by atoms with Crippen molar-refractivity contribution in [2.45, 2.75) is 19.4 Å². The van der Waals surface area contributed by atoms with E-state index in [0.717, 1.165) is 11.0 Å². The van der Waals surface area contributed by atoms with Gasteiger partial charge in [-0.3, -0.25) is 4.79 Å². The molecule has 6 heteroatoms. The first-order valence-electron chi connectivity index (χ1n) is 7.63. The molecular weight excluding hydrogens is 309 g/mol. The molecule has 0 fully saturated rings. The Kier molecular flexibility index (Phi) is 4.46. The zero-order valence-corrected chi connectivity index (χ0v) is 13.5. The minimum Gasteiger partial charge on any atom is -0.494 e. The van der Waals surface area contributed by atoms with Crippen molar-refractivity contribution in [3.8, 4) is 5.75 Å². The van der Waals surface area contributed by atoms with Crippen LogP contribution in [0.25, 0.3) is 11.0 Å². The first-order chi connectivity index (χ1) is 11.6. The summed E-state index contributed by atoms with van der Waals surface area (Å²) in [6.45, 7) is 1.85. The van der Waals surface area contributed by atoms with E-state index in [4.69, 9.17) is 4.74 Å². The Labute approximate surface area is 138 Å². The summed E-state index contributed by atoms with van der Waals surface area (Å²) in [5.74, 6) is 0.168. The lowest BCUT2D eigenvalue weighted by Gasteiger charge is -2.12. The van der Waals surface area contributed by atoms with Gasteiger partial charge in [-0.15, -0.1) is 0 Å². The number of H-pyrrole nitrogens is 1. The maximum Gasteiger partial charge on any atom is 0.224 e. The van der Waals surface area contributed by atoms with Crippen LogP contribution in [-0.2, 0) is 11.2 Å². The number of ether oxygens (including phenoxy) is 1. The molecule has 1 aromatic heterocycles. The zero-order valence-electron chi connectivity index (χ0n) is 13.5. The molecule has 1 atom stereocenters. The largest absolute Gasteiger partial charge is 0.494 e. The van der Waals surface area contributed by atoms with Crippen LogP contribution in [0.3, 0.4) is 0 Å². The molecule has 5 nitrogen and oxygen atoms in total. The van der Waals surface area contributed by atoms with Crippen molar-refractivity contribution in [2.24, 2.45) is 0 Å². The second-order valence-corrected chi connectivity index (χ2v) is 5.57. The third kappa shape index (κ3) is 3.37. The molecule has 0 radical (unpaired) electrons. The molecule has 124 valence electrons. The Morgan fingerprint density at radius 2 is 2.12 bits per heavy atom. The molecule has 2 aromatic carbocycles. The highest BCUT2D eigenvalue weighted by atomic mass is 19.1. The Balaban J connectivity index is 1.66. The van der Waals surface area contributed by atoms with Gasteiger partial charge in [0.1, 0.15) is 5.82 Å². The van der Waals surface area contributed by atoms with E-state index in [9.17, 15) is 9.18 Å². The van der Waals surface area contributed by atoms with Gasteiger partial charge >= 0.3 is 0 Å².